The molecular weight excluding hydrogens is 974 g/mol. The summed E-state index contributed by atoms with van der Waals surface area (Å²) in [5.74, 6) is -1.96. The quantitative estimate of drug-likeness (QED) is 0.0324. The van der Waals surface area contributed by atoms with Gasteiger partial charge in [0.15, 0.2) is 25.2 Å². The number of hydrogen-bond acceptors (Lipinski definition) is 26. The lowest BCUT2D eigenvalue weighted by Crippen LogP contribution is -2.65. The van der Waals surface area contributed by atoms with Crippen LogP contribution < -0.4 is 21.3 Å². The Kier molecular flexibility index (Phi) is 26.1. The van der Waals surface area contributed by atoms with Gasteiger partial charge < -0.3 is 126 Å². The first-order chi connectivity index (χ1) is 34.2. The van der Waals surface area contributed by atoms with E-state index >= 15 is 0 Å². The molecule has 0 radical (unpaired) electrons. The van der Waals surface area contributed by atoms with E-state index in [1.165, 1.54) is 11.8 Å². The van der Waals surface area contributed by atoms with Crippen LogP contribution in [0.15, 0.2) is 0 Å². The van der Waals surface area contributed by atoms with E-state index in [9.17, 15) is 85.6 Å². The lowest BCUT2D eigenvalue weighted by molar-refractivity contribution is -0.366. The molecule has 30 heteroatoms. The van der Waals surface area contributed by atoms with Crippen LogP contribution in [-0.2, 0) is 57.1 Å². The summed E-state index contributed by atoms with van der Waals surface area (Å²) in [5.41, 5.74) is 0. The fraction of sp³-hybridized carbons (Fsp3) is 0.905. The second-order valence-electron chi connectivity index (χ2n) is 17.7. The van der Waals surface area contributed by atoms with Crippen molar-refractivity contribution in [3.8, 4) is 0 Å². The van der Waals surface area contributed by atoms with Gasteiger partial charge in [-0.3, -0.25) is 24.1 Å². The molecule has 0 aromatic carbocycles. The van der Waals surface area contributed by atoms with Gasteiger partial charge in [0, 0.05) is 32.6 Å². The van der Waals surface area contributed by atoms with Gasteiger partial charge in [-0.2, -0.15) is 0 Å². The SMILES string of the molecule is CCNC(=O)CCCCCNC(=O)CN(CC(=O)NCCO[C@@H]1O[C@@H](C)[C@@H](O)[C@@H](O)[C@@H]1O)CC(=O)NCCO[C@@H]1O[C@H](CO[C@H]2O[C@H](CO)[C@@H](O)[C@H](O)[C@@H]2O)[C@@H](O)[C@H](O[C@H]2O[C@H](CO)[C@@H](O)[C@H](O)[C@@H]2O)[C@H]1O. The monoisotopic (exact) mass is 1050 g/mol. The Labute approximate surface area is 414 Å². The number of nitrogens with zero attached hydrogens (tertiary/aromatic N) is 1. The van der Waals surface area contributed by atoms with Crippen LogP contribution in [0.1, 0.15) is 39.5 Å². The van der Waals surface area contributed by atoms with Gasteiger partial charge >= 0.3 is 0 Å². The third kappa shape index (κ3) is 17.8. The minimum atomic E-state index is -1.97. The van der Waals surface area contributed by atoms with Crippen molar-refractivity contribution in [3.63, 3.8) is 0 Å². The van der Waals surface area contributed by atoms with Crippen molar-refractivity contribution in [2.75, 3.05) is 78.8 Å². The maximum absolute atomic E-state index is 13.2. The molecule has 30 nitrogen and oxygen atoms in total. The first-order valence-corrected chi connectivity index (χ1v) is 23.8. The van der Waals surface area contributed by atoms with Crippen molar-refractivity contribution in [2.45, 2.75) is 162 Å². The van der Waals surface area contributed by atoms with Crippen molar-refractivity contribution < 1.29 is 123 Å². The minimum absolute atomic E-state index is 0.0834. The lowest BCUT2D eigenvalue weighted by Gasteiger charge is -2.46. The Morgan fingerprint density at radius 3 is 1.46 bits per heavy atom. The topological polar surface area (TPSA) is 456 Å². The number of hydrogen-bond donors (Lipinski definition) is 17. The van der Waals surface area contributed by atoms with Crippen LogP contribution in [0.4, 0.5) is 0 Å². The summed E-state index contributed by atoms with van der Waals surface area (Å²) in [6.07, 6.45) is -30.9. The predicted octanol–water partition coefficient (Wildman–Crippen LogP) is -10.4. The molecule has 0 bridgehead atoms. The zero-order valence-corrected chi connectivity index (χ0v) is 40.0. The van der Waals surface area contributed by atoms with Crippen LogP contribution in [0.2, 0.25) is 0 Å². The molecule has 0 spiro atoms. The fourth-order valence-electron chi connectivity index (χ4n) is 8.00. The van der Waals surface area contributed by atoms with Gasteiger partial charge in [0.25, 0.3) is 0 Å². The van der Waals surface area contributed by atoms with E-state index < -0.39 is 187 Å². The van der Waals surface area contributed by atoms with Crippen LogP contribution in [0.5, 0.6) is 0 Å². The number of amides is 4. The highest BCUT2D eigenvalue weighted by atomic mass is 16.8. The molecule has 0 saturated carbocycles. The van der Waals surface area contributed by atoms with Gasteiger partial charge in [-0.1, -0.05) is 6.42 Å². The van der Waals surface area contributed by atoms with Crippen molar-refractivity contribution in [1.82, 2.24) is 26.2 Å². The van der Waals surface area contributed by atoms with E-state index in [4.69, 9.17) is 37.9 Å². The average Bonchev–Trinajstić information content (AvgIpc) is 3.34. The third-order valence-corrected chi connectivity index (χ3v) is 12.2. The molecule has 4 fully saturated rings. The molecule has 0 aromatic heterocycles. The average molecular weight is 1050 g/mol. The van der Waals surface area contributed by atoms with Crippen LogP contribution in [-0.4, -0.2) is 297 Å². The van der Waals surface area contributed by atoms with Gasteiger partial charge in [0.05, 0.1) is 58.8 Å². The highest BCUT2D eigenvalue weighted by Crippen LogP contribution is 2.31. The Morgan fingerprint density at radius 2 is 0.931 bits per heavy atom. The summed E-state index contributed by atoms with van der Waals surface area (Å²) >= 11 is 0. The van der Waals surface area contributed by atoms with E-state index in [0.29, 0.717) is 32.2 Å². The molecule has 0 unspecified atom stereocenters. The zero-order chi connectivity index (χ0) is 53.2. The number of nitrogens with one attached hydrogen (secondary N) is 4. The minimum Gasteiger partial charge on any atom is -0.394 e. The third-order valence-electron chi connectivity index (χ3n) is 12.2. The van der Waals surface area contributed by atoms with Crippen molar-refractivity contribution in [2.24, 2.45) is 0 Å². The van der Waals surface area contributed by atoms with Gasteiger partial charge in [-0.15, -0.1) is 0 Å². The molecule has 72 heavy (non-hydrogen) atoms. The molecular formula is C42H75N5O25. The van der Waals surface area contributed by atoms with E-state index in [-0.39, 0.29) is 32.1 Å². The smallest absolute Gasteiger partial charge is 0.234 e. The maximum Gasteiger partial charge on any atom is 0.234 e. The summed E-state index contributed by atoms with van der Waals surface area (Å²) in [6, 6.07) is 0. The molecule has 4 heterocycles. The van der Waals surface area contributed by atoms with Gasteiger partial charge in [0.1, 0.15) is 91.6 Å². The summed E-state index contributed by atoms with van der Waals surface area (Å²) in [4.78, 5) is 52.1. The van der Waals surface area contributed by atoms with Crippen LogP contribution in [0, 0.1) is 0 Å². The molecule has 4 aliphatic rings. The highest BCUT2D eigenvalue weighted by molar-refractivity contribution is 5.84. The van der Waals surface area contributed by atoms with Crippen LogP contribution in [0.25, 0.3) is 0 Å². The molecule has 4 rings (SSSR count). The van der Waals surface area contributed by atoms with Crippen molar-refractivity contribution >= 4 is 23.6 Å². The Morgan fingerprint density at radius 1 is 0.472 bits per heavy atom. The van der Waals surface area contributed by atoms with Gasteiger partial charge in [0.2, 0.25) is 23.6 Å². The van der Waals surface area contributed by atoms with E-state index in [1.807, 2.05) is 6.92 Å². The molecule has 4 amide bonds. The molecule has 0 aliphatic carbocycles. The first-order valence-electron chi connectivity index (χ1n) is 23.8. The van der Waals surface area contributed by atoms with Crippen LogP contribution >= 0.6 is 0 Å². The van der Waals surface area contributed by atoms with Gasteiger partial charge in [-0.25, -0.2) is 0 Å². The fourth-order valence-corrected chi connectivity index (χ4v) is 8.00. The number of aliphatic hydroxyl groups excluding tert-OH is 13. The normalized spacial score (nSPS) is 37.2. The lowest BCUT2D eigenvalue weighted by atomic mass is 9.96. The van der Waals surface area contributed by atoms with Crippen molar-refractivity contribution in [3.05, 3.63) is 0 Å². The number of aliphatic hydroxyl groups is 13. The zero-order valence-electron chi connectivity index (χ0n) is 40.0. The Bertz CT molecular complexity index is 1640. The Balaban J connectivity index is 1.36. The van der Waals surface area contributed by atoms with E-state index in [2.05, 4.69) is 21.3 Å². The largest absolute Gasteiger partial charge is 0.394 e. The molecule has 0 aromatic rings. The highest BCUT2D eigenvalue weighted by Gasteiger charge is 2.52. The summed E-state index contributed by atoms with van der Waals surface area (Å²) in [6.45, 7) is -0.738. The molecule has 4 saturated heterocycles. The summed E-state index contributed by atoms with van der Waals surface area (Å²) in [7, 11) is 0. The summed E-state index contributed by atoms with van der Waals surface area (Å²) < 4.78 is 44.2. The first kappa shape index (κ1) is 61.5. The second kappa shape index (κ2) is 30.5. The predicted molar refractivity (Wildman–Crippen MR) is 236 cm³/mol. The molecule has 4 aliphatic heterocycles. The van der Waals surface area contributed by atoms with Gasteiger partial charge in [-0.05, 0) is 26.7 Å². The number of ether oxygens (including phenoxy) is 8. The van der Waals surface area contributed by atoms with E-state index in [1.54, 1.807) is 0 Å². The van der Waals surface area contributed by atoms with Crippen molar-refractivity contribution in [1.29, 1.82) is 0 Å². The molecule has 418 valence electrons. The second-order valence-corrected chi connectivity index (χ2v) is 17.7. The number of rotatable bonds is 28. The van der Waals surface area contributed by atoms with E-state index in [0.717, 1.165) is 0 Å². The Hall–Kier alpha value is -3.00. The molecule has 17 N–H and O–H groups in total. The number of carbonyl (C=O) groups excluding carboxylic acids is 4. The molecule has 20 atom stereocenters. The standard InChI is InChI=1S/C42H75N5O25/c1-3-43-23(50)7-5-4-6-8-44-24(51)13-47(14-25(52)45-9-11-65-39-34(61)31(58)27(54)19(2)68-39)15-26(53)46-10-12-66-41-37(64)38(72-42-36(63)33(60)29(56)21(17-49)70-42)30(57)22(71-41)18-67-40-35(62)32(59)28(55)20(16-48)69-40/h19-22,27-42,48-49,54-64H,3-18H2,1-2H3,(H,43,50)(H,44,51)(H,45,52)(H,46,53)/t19-,20+,21+,22+,27+,28+,29+,30+,31+,32-,33-,34-,35-,36-,37+,38-,39+,40-,41+,42+/m0/s1. The number of carbonyl (C=O) groups is 4. The number of unbranched alkanes of at least 4 members (excludes halogenated alkanes) is 2. The summed E-state index contributed by atoms with van der Waals surface area (Å²) in [5, 5.41) is 145. The van der Waals surface area contributed by atoms with Crippen LogP contribution in [0.3, 0.4) is 0 Å². The maximum atomic E-state index is 13.2.